The van der Waals surface area contributed by atoms with Crippen LogP contribution in [-0.4, -0.2) is 45.5 Å². The molecule has 1 aromatic carbocycles. The molecule has 1 fully saturated rings. The van der Waals surface area contributed by atoms with Gasteiger partial charge in [-0.25, -0.2) is 19.3 Å². The Kier molecular flexibility index (Phi) is 4.58. The number of aryl methyl sites for hydroxylation is 2. The average molecular weight is 402 g/mol. The second kappa shape index (κ2) is 7.40. The van der Waals surface area contributed by atoms with Gasteiger partial charge in [-0.3, -0.25) is 0 Å². The zero-order valence-corrected chi connectivity index (χ0v) is 17.1. The number of anilines is 2. The molecule has 0 unspecified atom stereocenters. The molecule has 0 amide bonds. The SMILES string of the molecule is Cc1cc(N2CCN(c3ccc(F)cc3)CC2)nc(-c2cn3ccnc3cc2C)n1. The van der Waals surface area contributed by atoms with Gasteiger partial charge in [0, 0.05) is 67.8 Å². The lowest BCUT2D eigenvalue weighted by molar-refractivity contribution is 0.624. The van der Waals surface area contributed by atoms with Crippen molar-refractivity contribution in [2.75, 3.05) is 36.0 Å². The van der Waals surface area contributed by atoms with E-state index in [0.29, 0.717) is 0 Å². The van der Waals surface area contributed by atoms with Crippen molar-refractivity contribution >= 4 is 17.2 Å². The second-order valence-corrected chi connectivity index (χ2v) is 7.70. The van der Waals surface area contributed by atoms with Gasteiger partial charge in [0.25, 0.3) is 0 Å². The molecule has 0 saturated carbocycles. The largest absolute Gasteiger partial charge is 0.368 e. The van der Waals surface area contributed by atoms with Crippen LogP contribution in [-0.2, 0) is 0 Å². The Hall–Kier alpha value is -3.48. The number of halogens is 1. The maximum atomic E-state index is 13.2. The zero-order chi connectivity index (χ0) is 20.7. The van der Waals surface area contributed by atoms with E-state index in [1.54, 1.807) is 6.20 Å². The molecule has 1 aliphatic rings. The smallest absolute Gasteiger partial charge is 0.163 e. The molecule has 4 heterocycles. The molecule has 0 N–H and O–H groups in total. The number of fused-ring (bicyclic) bond motifs is 1. The fourth-order valence-corrected chi connectivity index (χ4v) is 3.97. The lowest BCUT2D eigenvalue weighted by atomic mass is 10.1. The van der Waals surface area contributed by atoms with Crippen LogP contribution in [0.15, 0.2) is 55.0 Å². The molecule has 0 bridgehead atoms. The summed E-state index contributed by atoms with van der Waals surface area (Å²) in [5, 5.41) is 0. The van der Waals surface area contributed by atoms with Crippen molar-refractivity contribution in [2.45, 2.75) is 13.8 Å². The van der Waals surface area contributed by atoms with E-state index in [1.165, 1.54) is 12.1 Å². The third-order valence-corrected chi connectivity index (χ3v) is 5.61. The molecule has 1 aliphatic heterocycles. The van der Waals surface area contributed by atoms with Crippen LogP contribution in [0.5, 0.6) is 0 Å². The third kappa shape index (κ3) is 3.47. The van der Waals surface area contributed by atoms with E-state index in [9.17, 15) is 4.39 Å². The van der Waals surface area contributed by atoms with Crippen molar-refractivity contribution < 1.29 is 4.39 Å². The van der Waals surface area contributed by atoms with E-state index in [1.807, 2.05) is 41.9 Å². The topological polar surface area (TPSA) is 49.6 Å². The Morgan fingerprint density at radius 1 is 0.900 bits per heavy atom. The van der Waals surface area contributed by atoms with Gasteiger partial charge >= 0.3 is 0 Å². The summed E-state index contributed by atoms with van der Waals surface area (Å²) in [4.78, 5) is 18.5. The average Bonchev–Trinajstić information content (AvgIpc) is 3.20. The predicted molar refractivity (Wildman–Crippen MR) is 117 cm³/mol. The molecule has 152 valence electrons. The molecule has 30 heavy (non-hydrogen) atoms. The number of aromatic nitrogens is 4. The third-order valence-electron chi connectivity index (χ3n) is 5.61. The molecular formula is C23H23FN6. The normalized spacial score (nSPS) is 14.5. The molecule has 1 saturated heterocycles. The van der Waals surface area contributed by atoms with Gasteiger partial charge in [0.15, 0.2) is 5.82 Å². The summed E-state index contributed by atoms with van der Waals surface area (Å²) < 4.78 is 15.2. The van der Waals surface area contributed by atoms with Crippen molar-refractivity contribution in [1.29, 1.82) is 0 Å². The highest BCUT2D eigenvalue weighted by Crippen LogP contribution is 2.25. The van der Waals surface area contributed by atoms with E-state index < -0.39 is 0 Å². The van der Waals surface area contributed by atoms with Crippen LogP contribution < -0.4 is 9.80 Å². The van der Waals surface area contributed by atoms with Gasteiger partial charge in [-0.05, 0) is 49.7 Å². The van der Waals surface area contributed by atoms with Crippen LogP contribution in [0.4, 0.5) is 15.9 Å². The van der Waals surface area contributed by atoms with Crippen molar-refractivity contribution in [3.8, 4) is 11.4 Å². The monoisotopic (exact) mass is 402 g/mol. The van der Waals surface area contributed by atoms with Gasteiger partial charge < -0.3 is 14.2 Å². The minimum atomic E-state index is -0.203. The van der Waals surface area contributed by atoms with Gasteiger partial charge in [-0.15, -0.1) is 0 Å². The first-order chi connectivity index (χ1) is 14.6. The Labute approximate surface area is 174 Å². The predicted octanol–water partition coefficient (Wildman–Crippen LogP) is 3.87. The molecule has 0 radical (unpaired) electrons. The Balaban J connectivity index is 1.40. The number of hydrogen-bond acceptors (Lipinski definition) is 5. The Bertz CT molecular complexity index is 1190. The fraction of sp³-hybridized carbons (Fsp3) is 0.261. The number of nitrogens with zero attached hydrogens (tertiary/aromatic N) is 6. The minimum Gasteiger partial charge on any atom is -0.368 e. The van der Waals surface area contributed by atoms with Crippen LogP contribution in [0.25, 0.3) is 17.0 Å². The van der Waals surface area contributed by atoms with Crippen LogP contribution >= 0.6 is 0 Å². The summed E-state index contributed by atoms with van der Waals surface area (Å²) in [7, 11) is 0. The van der Waals surface area contributed by atoms with Gasteiger partial charge in [0.05, 0.1) is 0 Å². The standard InChI is InChI=1S/C23H23FN6/c1-16-13-21-25-7-8-30(21)15-20(16)23-26-17(2)14-22(27-23)29-11-9-28(10-12-29)19-5-3-18(24)4-6-19/h3-8,13-15H,9-12H2,1-2H3. The number of hydrogen-bond donors (Lipinski definition) is 0. The first kappa shape index (κ1) is 18.5. The van der Waals surface area contributed by atoms with Crippen LogP contribution in [0, 0.1) is 19.7 Å². The van der Waals surface area contributed by atoms with Crippen molar-refractivity contribution in [3.63, 3.8) is 0 Å². The van der Waals surface area contributed by atoms with Crippen molar-refractivity contribution in [2.24, 2.45) is 0 Å². The highest BCUT2D eigenvalue weighted by molar-refractivity contribution is 5.64. The van der Waals surface area contributed by atoms with Crippen LogP contribution in [0.1, 0.15) is 11.3 Å². The highest BCUT2D eigenvalue weighted by Gasteiger charge is 2.20. The number of piperazine rings is 1. The van der Waals surface area contributed by atoms with Gasteiger partial charge in [-0.2, -0.15) is 0 Å². The van der Waals surface area contributed by atoms with E-state index in [-0.39, 0.29) is 5.82 Å². The number of benzene rings is 1. The van der Waals surface area contributed by atoms with E-state index in [4.69, 9.17) is 9.97 Å². The number of rotatable bonds is 3. The zero-order valence-electron chi connectivity index (χ0n) is 17.1. The summed E-state index contributed by atoms with van der Waals surface area (Å²) in [5.74, 6) is 1.48. The molecule has 6 nitrogen and oxygen atoms in total. The summed E-state index contributed by atoms with van der Waals surface area (Å²) in [6.07, 6.45) is 5.77. The fourth-order valence-electron chi connectivity index (χ4n) is 3.97. The van der Waals surface area contributed by atoms with Crippen molar-refractivity contribution in [3.05, 3.63) is 72.1 Å². The molecule has 4 aromatic rings. The Morgan fingerprint density at radius 2 is 1.63 bits per heavy atom. The molecule has 0 atom stereocenters. The maximum absolute atomic E-state index is 13.2. The summed E-state index contributed by atoms with van der Waals surface area (Å²) in [5.41, 5.74) is 5.03. The quantitative estimate of drug-likeness (QED) is 0.521. The van der Waals surface area contributed by atoms with Gasteiger partial charge in [0.1, 0.15) is 17.3 Å². The van der Waals surface area contributed by atoms with E-state index >= 15 is 0 Å². The number of pyridine rings is 1. The van der Waals surface area contributed by atoms with Crippen LogP contribution in [0.3, 0.4) is 0 Å². The first-order valence-corrected chi connectivity index (χ1v) is 10.1. The molecule has 0 aliphatic carbocycles. The van der Waals surface area contributed by atoms with Crippen molar-refractivity contribution in [1.82, 2.24) is 19.4 Å². The van der Waals surface area contributed by atoms with Crippen LogP contribution in [0.2, 0.25) is 0 Å². The highest BCUT2D eigenvalue weighted by atomic mass is 19.1. The molecule has 5 rings (SSSR count). The number of imidazole rings is 1. The lowest BCUT2D eigenvalue weighted by Crippen LogP contribution is -2.46. The van der Waals surface area contributed by atoms with E-state index in [0.717, 1.165) is 66.0 Å². The summed E-state index contributed by atoms with van der Waals surface area (Å²) in [6, 6.07) is 10.8. The molecule has 7 heteroatoms. The van der Waals surface area contributed by atoms with Gasteiger partial charge in [-0.1, -0.05) is 0 Å². The summed E-state index contributed by atoms with van der Waals surface area (Å²) >= 11 is 0. The molecule has 3 aromatic heterocycles. The second-order valence-electron chi connectivity index (χ2n) is 7.70. The Morgan fingerprint density at radius 3 is 2.40 bits per heavy atom. The first-order valence-electron chi connectivity index (χ1n) is 10.1. The van der Waals surface area contributed by atoms with E-state index in [2.05, 4.69) is 27.8 Å². The van der Waals surface area contributed by atoms with Gasteiger partial charge in [0.2, 0.25) is 0 Å². The lowest BCUT2D eigenvalue weighted by Gasteiger charge is -2.37. The maximum Gasteiger partial charge on any atom is 0.163 e. The molecule has 0 spiro atoms. The minimum absolute atomic E-state index is 0.203. The molecular weight excluding hydrogens is 379 g/mol. The summed E-state index contributed by atoms with van der Waals surface area (Å²) in [6.45, 7) is 7.51.